The average molecular weight is 331 g/mol. The third-order valence-electron chi connectivity index (χ3n) is 4.22. The van der Waals surface area contributed by atoms with E-state index in [1.54, 1.807) is 6.92 Å². The van der Waals surface area contributed by atoms with Gasteiger partial charge in [0.25, 0.3) is 0 Å². The summed E-state index contributed by atoms with van der Waals surface area (Å²) in [4.78, 5) is 21.2. The molecule has 0 bridgehead atoms. The minimum atomic E-state index is -0.901. The van der Waals surface area contributed by atoms with Crippen LogP contribution in [0.2, 0.25) is 0 Å². The summed E-state index contributed by atoms with van der Waals surface area (Å²) in [6.07, 6.45) is 3.14. The molecule has 0 heterocycles. The van der Waals surface area contributed by atoms with Gasteiger partial charge in [-0.3, -0.25) is 4.79 Å². The molecular weight excluding hydrogens is 292 g/mol. The van der Waals surface area contributed by atoms with E-state index in [0.29, 0.717) is 23.5 Å². The zero-order valence-electron chi connectivity index (χ0n) is 16.4. The molecule has 4 heteroatoms. The summed E-state index contributed by atoms with van der Waals surface area (Å²) in [7, 11) is 0. The molecule has 0 fully saturated rings. The predicted molar refractivity (Wildman–Crippen MR) is 95.4 cm³/mol. The van der Waals surface area contributed by atoms with Crippen LogP contribution in [0.1, 0.15) is 81.1 Å². The summed E-state index contributed by atoms with van der Waals surface area (Å²) in [6.45, 7) is 16.5. The van der Waals surface area contributed by atoms with Crippen LogP contribution in [-0.2, 0) is 9.59 Å². The number of rotatable bonds is 7. The summed E-state index contributed by atoms with van der Waals surface area (Å²) in [5.74, 6) is -0.557. The van der Waals surface area contributed by atoms with Crippen molar-refractivity contribution in [1.82, 2.24) is 0 Å². The molecule has 0 aliphatic heterocycles. The van der Waals surface area contributed by atoms with E-state index in [2.05, 4.69) is 48.5 Å². The summed E-state index contributed by atoms with van der Waals surface area (Å²) in [5, 5.41) is 17.3. The van der Waals surface area contributed by atoms with Gasteiger partial charge in [-0.1, -0.05) is 48.5 Å². The van der Waals surface area contributed by atoms with Crippen molar-refractivity contribution in [3.63, 3.8) is 0 Å². The van der Waals surface area contributed by atoms with Crippen molar-refractivity contribution in [2.75, 3.05) is 6.61 Å². The number of aliphatic carboxylic acids is 1. The van der Waals surface area contributed by atoms with E-state index in [1.165, 1.54) is 0 Å². The highest BCUT2D eigenvalue weighted by atomic mass is 16.4. The van der Waals surface area contributed by atoms with E-state index < -0.39 is 11.9 Å². The largest absolute Gasteiger partial charge is 0.481 e. The summed E-state index contributed by atoms with van der Waals surface area (Å²) < 4.78 is 0. The minimum absolute atomic E-state index is 0.142. The van der Waals surface area contributed by atoms with Crippen LogP contribution in [0, 0.1) is 22.7 Å². The average Bonchev–Trinajstić information content (AvgIpc) is 2.34. The first-order chi connectivity index (χ1) is 10.2. The van der Waals surface area contributed by atoms with Gasteiger partial charge < -0.3 is 15.0 Å². The Morgan fingerprint density at radius 2 is 1.48 bits per heavy atom. The number of hydrogen-bond donors (Lipinski definition) is 2. The fraction of sp³-hybridized carbons (Fsp3) is 0.895. The molecule has 0 radical (unpaired) electrons. The van der Waals surface area contributed by atoms with Crippen LogP contribution in [0.25, 0.3) is 0 Å². The standard InChI is InChI=1S/C10H20O.C9H18O3/c1-8(10(3,4)5)6-7-9(2)11;1-9(2,3)5-4-7(6-10)8(11)12/h8H,6-7H2,1-5H3;7,10H,4-6H2,1-3H3,(H,11,12). The third-order valence-corrected chi connectivity index (χ3v) is 4.22. The number of carbonyl (C=O) groups excluding carboxylic acids is 1. The number of Topliss-reactive ketones (excluding diaryl/α,β-unsaturated/α-hetero) is 1. The van der Waals surface area contributed by atoms with E-state index >= 15 is 0 Å². The molecule has 0 rings (SSSR count). The predicted octanol–water partition coefficient (Wildman–Crippen LogP) is 4.54. The normalized spacial score (nSPS) is 14.5. The number of hydrogen-bond acceptors (Lipinski definition) is 3. The number of aliphatic hydroxyl groups excluding tert-OH is 1. The number of carboxylic acid groups (broad SMARTS) is 1. The molecule has 0 aliphatic rings. The van der Waals surface area contributed by atoms with Crippen LogP contribution in [0.5, 0.6) is 0 Å². The Morgan fingerprint density at radius 3 is 1.74 bits per heavy atom. The van der Waals surface area contributed by atoms with Gasteiger partial charge in [0.2, 0.25) is 0 Å². The van der Waals surface area contributed by atoms with Crippen molar-refractivity contribution in [3.05, 3.63) is 0 Å². The van der Waals surface area contributed by atoms with Crippen molar-refractivity contribution >= 4 is 11.8 Å². The summed E-state index contributed by atoms with van der Waals surface area (Å²) in [5.41, 5.74) is 0.484. The maximum absolute atomic E-state index is 10.7. The van der Waals surface area contributed by atoms with E-state index in [4.69, 9.17) is 10.2 Å². The number of carbonyl (C=O) groups is 2. The highest BCUT2D eigenvalue weighted by Gasteiger charge is 2.20. The minimum Gasteiger partial charge on any atom is -0.481 e. The molecule has 0 aliphatic carbocycles. The lowest BCUT2D eigenvalue weighted by atomic mass is 9.79. The van der Waals surface area contributed by atoms with Crippen LogP contribution in [-0.4, -0.2) is 28.6 Å². The molecule has 2 unspecified atom stereocenters. The molecule has 0 aromatic carbocycles. The van der Waals surface area contributed by atoms with Crippen molar-refractivity contribution in [2.24, 2.45) is 22.7 Å². The first kappa shape index (κ1) is 24.4. The topological polar surface area (TPSA) is 74.6 Å². The molecule has 138 valence electrons. The van der Waals surface area contributed by atoms with Crippen molar-refractivity contribution in [3.8, 4) is 0 Å². The molecule has 0 saturated carbocycles. The Bertz CT molecular complexity index is 347. The lowest BCUT2D eigenvalue weighted by Gasteiger charge is -2.26. The first-order valence-corrected chi connectivity index (χ1v) is 8.53. The second kappa shape index (κ2) is 10.8. The van der Waals surface area contributed by atoms with Gasteiger partial charge in [-0.2, -0.15) is 0 Å². The second-order valence-electron chi connectivity index (χ2n) is 8.82. The maximum atomic E-state index is 10.7. The van der Waals surface area contributed by atoms with Crippen molar-refractivity contribution in [1.29, 1.82) is 0 Å². The quantitative estimate of drug-likeness (QED) is 0.718. The van der Waals surface area contributed by atoms with Crippen molar-refractivity contribution in [2.45, 2.75) is 81.1 Å². The number of aliphatic hydroxyl groups is 1. The molecule has 23 heavy (non-hydrogen) atoms. The number of carboxylic acids is 1. The monoisotopic (exact) mass is 330 g/mol. The highest BCUT2D eigenvalue weighted by Crippen LogP contribution is 2.28. The Hall–Kier alpha value is -0.900. The zero-order chi connectivity index (χ0) is 18.8. The van der Waals surface area contributed by atoms with Gasteiger partial charge in [0.05, 0.1) is 12.5 Å². The molecule has 2 N–H and O–H groups in total. The van der Waals surface area contributed by atoms with Crippen LogP contribution < -0.4 is 0 Å². The molecule has 0 aromatic rings. The van der Waals surface area contributed by atoms with E-state index in [9.17, 15) is 9.59 Å². The number of ketones is 1. The van der Waals surface area contributed by atoms with Gasteiger partial charge in [0.1, 0.15) is 5.78 Å². The van der Waals surface area contributed by atoms with Crippen LogP contribution in [0.3, 0.4) is 0 Å². The van der Waals surface area contributed by atoms with E-state index in [1.807, 2.05) is 0 Å². The van der Waals surface area contributed by atoms with Crippen LogP contribution in [0.4, 0.5) is 0 Å². The maximum Gasteiger partial charge on any atom is 0.308 e. The Labute approximate surface area is 142 Å². The highest BCUT2D eigenvalue weighted by molar-refractivity contribution is 5.75. The van der Waals surface area contributed by atoms with Gasteiger partial charge in [-0.15, -0.1) is 0 Å². The fourth-order valence-corrected chi connectivity index (χ4v) is 1.75. The Balaban J connectivity index is 0. The van der Waals surface area contributed by atoms with Gasteiger partial charge in [0.15, 0.2) is 0 Å². The van der Waals surface area contributed by atoms with E-state index in [-0.39, 0.29) is 12.0 Å². The molecule has 4 nitrogen and oxygen atoms in total. The lowest BCUT2D eigenvalue weighted by molar-refractivity contribution is -0.143. The lowest BCUT2D eigenvalue weighted by Crippen LogP contribution is -2.20. The summed E-state index contributed by atoms with van der Waals surface area (Å²) >= 11 is 0. The first-order valence-electron chi connectivity index (χ1n) is 8.53. The van der Waals surface area contributed by atoms with Crippen LogP contribution >= 0.6 is 0 Å². The third kappa shape index (κ3) is 15.8. The van der Waals surface area contributed by atoms with Gasteiger partial charge in [-0.25, -0.2) is 0 Å². The van der Waals surface area contributed by atoms with Gasteiger partial charge in [-0.05, 0) is 42.9 Å². The van der Waals surface area contributed by atoms with E-state index in [0.717, 1.165) is 19.3 Å². The molecule has 2 atom stereocenters. The SMILES string of the molecule is CC(=O)CCC(C)C(C)(C)C.CC(C)(C)CCC(CO)C(=O)O. The van der Waals surface area contributed by atoms with Crippen LogP contribution in [0.15, 0.2) is 0 Å². The van der Waals surface area contributed by atoms with Gasteiger partial charge in [0, 0.05) is 6.42 Å². The Kier molecular flexibility index (Phi) is 11.4. The molecule has 0 spiro atoms. The molecule has 0 amide bonds. The zero-order valence-corrected chi connectivity index (χ0v) is 16.4. The van der Waals surface area contributed by atoms with Gasteiger partial charge >= 0.3 is 5.97 Å². The molecule has 0 aromatic heterocycles. The second-order valence-corrected chi connectivity index (χ2v) is 8.82. The van der Waals surface area contributed by atoms with Crippen molar-refractivity contribution < 1.29 is 19.8 Å². The fourth-order valence-electron chi connectivity index (χ4n) is 1.75. The Morgan fingerprint density at radius 1 is 1.00 bits per heavy atom. The molecular formula is C19H38O4. The summed E-state index contributed by atoms with van der Waals surface area (Å²) in [6, 6.07) is 0. The molecule has 0 saturated heterocycles. The smallest absolute Gasteiger partial charge is 0.308 e.